The molecule has 5 rings (SSSR count). The van der Waals surface area contributed by atoms with Gasteiger partial charge in [-0.2, -0.15) is 0 Å². The normalized spacial score (nSPS) is 15.6. The monoisotopic (exact) mass is 647 g/mol. The number of fused-ring (bicyclic) bond motifs is 1. The quantitative estimate of drug-likeness (QED) is 0.153. The molecule has 1 unspecified atom stereocenters. The van der Waals surface area contributed by atoms with Crippen molar-refractivity contribution in [2.45, 2.75) is 78.1 Å². The number of benzene rings is 1. The van der Waals surface area contributed by atoms with E-state index in [-0.39, 0.29) is 30.3 Å². The lowest BCUT2D eigenvalue weighted by Gasteiger charge is -2.22. The van der Waals surface area contributed by atoms with Gasteiger partial charge in [0.05, 0.1) is 17.5 Å². The van der Waals surface area contributed by atoms with E-state index in [1.807, 2.05) is 6.92 Å². The summed E-state index contributed by atoms with van der Waals surface area (Å²) in [5, 5.41) is 3.37. The first-order valence-corrected chi connectivity index (χ1v) is 19.9. The van der Waals surface area contributed by atoms with Gasteiger partial charge in [-0.3, -0.25) is 14.5 Å². The summed E-state index contributed by atoms with van der Waals surface area (Å²) in [6.07, 6.45) is 5.57. The van der Waals surface area contributed by atoms with Gasteiger partial charge in [0.1, 0.15) is 35.4 Å². The highest BCUT2D eigenvalue weighted by Crippen LogP contribution is 2.28. The smallest absolute Gasteiger partial charge is 0.224 e. The zero-order valence-electron chi connectivity index (χ0n) is 27.6. The maximum Gasteiger partial charge on any atom is 0.224 e. The molecule has 1 aliphatic rings. The number of amides is 1. The van der Waals surface area contributed by atoms with Gasteiger partial charge in [-0.05, 0) is 62.7 Å². The molecule has 12 heteroatoms. The molecule has 3 N–H and O–H groups in total. The Balaban J connectivity index is 1.37. The van der Waals surface area contributed by atoms with Crippen LogP contribution in [-0.4, -0.2) is 70.3 Å². The summed E-state index contributed by atoms with van der Waals surface area (Å²) < 4.78 is 24.7. The Morgan fingerprint density at radius 2 is 1.98 bits per heavy atom. The molecule has 4 heterocycles. The van der Waals surface area contributed by atoms with Crippen molar-refractivity contribution >= 4 is 30.8 Å². The number of nitrogen functional groups attached to an aromatic ring is 1. The number of nitrogens with two attached hydrogens (primary N) is 1. The molecular formula is C34H46FN7O3Si. The van der Waals surface area contributed by atoms with E-state index in [0.29, 0.717) is 65.0 Å². The average Bonchev–Trinajstić information content (AvgIpc) is 3.68. The van der Waals surface area contributed by atoms with E-state index in [1.165, 1.54) is 6.07 Å². The zero-order valence-corrected chi connectivity index (χ0v) is 28.6. The van der Waals surface area contributed by atoms with Crippen molar-refractivity contribution in [1.29, 1.82) is 0 Å². The molecule has 4 aromatic rings. The molecule has 0 aliphatic carbocycles. The molecule has 246 valence electrons. The van der Waals surface area contributed by atoms with E-state index in [9.17, 15) is 9.59 Å². The molecule has 3 aromatic heterocycles. The van der Waals surface area contributed by atoms with Crippen LogP contribution < -0.4 is 16.5 Å². The first-order valence-electron chi connectivity index (χ1n) is 16.2. The van der Waals surface area contributed by atoms with Crippen LogP contribution in [0.25, 0.3) is 33.7 Å². The number of aromatic nitrogens is 4. The zero-order chi connectivity index (χ0) is 33.0. The summed E-state index contributed by atoms with van der Waals surface area (Å²) in [7, 11) is -1.24. The lowest BCUT2D eigenvalue weighted by Crippen LogP contribution is -2.40. The van der Waals surface area contributed by atoms with Crippen LogP contribution in [0, 0.1) is 5.82 Å². The van der Waals surface area contributed by atoms with Gasteiger partial charge in [0.15, 0.2) is 0 Å². The number of ether oxygens (including phenoxy) is 1. The van der Waals surface area contributed by atoms with Crippen LogP contribution in [-0.2, 0) is 29.2 Å². The molecule has 1 aliphatic heterocycles. The molecule has 1 amide bonds. The number of likely N-dealkylation sites (N-methyl/N-ethyl adjacent to an activating group) is 1. The molecule has 0 saturated carbocycles. The Kier molecular flexibility index (Phi) is 10.4. The minimum atomic E-state index is -1.24. The number of likely N-dealkylation sites (tertiary alicyclic amines) is 1. The third kappa shape index (κ3) is 7.40. The Bertz CT molecular complexity index is 1760. The first kappa shape index (κ1) is 33.5. The molecule has 1 aromatic carbocycles. The summed E-state index contributed by atoms with van der Waals surface area (Å²) in [5.74, 6) is 0.0189. The topological polar surface area (TPSA) is 120 Å². The Morgan fingerprint density at radius 3 is 2.70 bits per heavy atom. The number of carbonyl (C=O) groups excluding carboxylic acids is 1. The molecule has 1 atom stereocenters. The molecule has 0 bridgehead atoms. The molecule has 10 nitrogen and oxygen atoms in total. The number of imidazole rings is 1. The summed E-state index contributed by atoms with van der Waals surface area (Å²) in [5.41, 5.74) is 8.41. The fraction of sp³-hybridized carbons (Fsp3) is 0.471. The van der Waals surface area contributed by atoms with Crippen molar-refractivity contribution in [3.8, 4) is 22.6 Å². The number of halogens is 1. The van der Waals surface area contributed by atoms with Gasteiger partial charge in [-0.1, -0.05) is 38.7 Å². The van der Waals surface area contributed by atoms with E-state index in [0.717, 1.165) is 32.0 Å². The van der Waals surface area contributed by atoms with Crippen LogP contribution in [0.1, 0.15) is 32.3 Å². The van der Waals surface area contributed by atoms with Crippen molar-refractivity contribution in [3.05, 3.63) is 64.3 Å². The Hall–Kier alpha value is -3.87. The van der Waals surface area contributed by atoms with Gasteiger partial charge < -0.3 is 24.9 Å². The standard InChI is InChI=1S/C34H46FN7O3Si/c1-6-40-15-8-9-25(40)21-38-29(43)20-23-10-11-24(19-27(23)35)28-13-12-26-31(44)30(32(36)42(7-2)33(26)39-28)34-37-14-16-41(34)22-45-17-18-46(3,4)5/h10-14,16,19,25H,6-9,15,17-18,20-22,36H2,1-5H3,(H,38,43). The minimum Gasteiger partial charge on any atom is -0.384 e. The number of pyridine rings is 2. The second-order valence-corrected chi connectivity index (χ2v) is 18.8. The maximum atomic E-state index is 15.2. The van der Waals surface area contributed by atoms with Crippen molar-refractivity contribution < 1.29 is 13.9 Å². The van der Waals surface area contributed by atoms with Crippen molar-refractivity contribution in [1.82, 2.24) is 29.3 Å². The van der Waals surface area contributed by atoms with Gasteiger partial charge in [0, 0.05) is 51.8 Å². The van der Waals surface area contributed by atoms with Gasteiger partial charge >= 0.3 is 0 Å². The second-order valence-electron chi connectivity index (χ2n) is 13.2. The number of carbonyl (C=O) groups is 1. The average molecular weight is 648 g/mol. The third-order valence-corrected chi connectivity index (χ3v) is 10.5. The lowest BCUT2D eigenvalue weighted by atomic mass is 10.0. The lowest BCUT2D eigenvalue weighted by molar-refractivity contribution is -0.120. The van der Waals surface area contributed by atoms with Gasteiger partial charge in [-0.25, -0.2) is 14.4 Å². The van der Waals surface area contributed by atoms with Crippen molar-refractivity contribution in [2.75, 3.05) is 32.0 Å². The van der Waals surface area contributed by atoms with Crippen LogP contribution in [0.3, 0.4) is 0 Å². The van der Waals surface area contributed by atoms with Gasteiger partial charge in [0.2, 0.25) is 11.3 Å². The molecule has 46 heavy (non-hydrogen) atoms. The number of hydrogen-bond acceptors (Lipinski definition) is 7. The predicted octanol–water partition coefficient (Wildman–Crippen LogP) is 5.12. The highest BCUT2D eigenvalue weighted by molar-refractivity contribution is 6.76. The van der Waals surface area contributed by atoms with Crippen LogP contribution in [0.15, 0.2) is 47.5 Å². The molecule has 1 saturated heterocycles. The molecule has 0 spiro atoms. The number of aryl methyl sites for hydroxylation is 1. The van der Waals surface area contributed by atoms with Crippen LogP contribution in [0.5, 0.6) is 0 Å². The van der Waals surface area contributed by atoms with E-state index in [4.69, 9.17) is 15.5 Å². The number of rotatable bonds is 13. The second kappa shape index (κ2) is 14.3. The predicted molar refractivity (Wildman–Crippen MR) is 184 cm³/mol. The van der Waals surface area contributed by atoms with Crippen LogP contribution >= 0.6 is 0 Å². The van der Waals surface area contributed by atoms with Crippen LogP contribution in [0.4, 0.5) is 10.2 Å². The van der Waals surface area contributed by atoms with Crippen LogP contribution in [0.2, 0.25) is 25.7 Å². The Labute approximate surface area is 270 Å². The third-order valence-electron chi connectivity index (χ3n) is 8.77. The number of nitrogens with zero attached hydrogens (tertiary/aromatic N) is 5. The minimum absolute atomic E-state index is 0.0378. The number of nitrogens with one attached hydrogen (secondary N) is 1. The number of hydrogen-bond donors (Lipinski definition) is 2. The fourth-order valence-corrected chi connectivity index (χ4v) is 6.83. The van der Waals surface area contributed by atoms with E-state index in [2.05, 4.69) is 41.8 Å². The summed E-state index contributed by atoms with van der Waals surface area (Å²) in [4.78, 5) is 38.0. The van der Waals surface area contributed by atoms with E-state index in [1.54, 1.807) is 45.8 Å². The largest absolute Gasteiger partial charge is 0.384 e. The van der Waals surface area contributed by atoms with Gasteiger partial charge in [-0.15, -0.1) is 0 Å². The summed E-state index contributed by atoms with van der Waals surface area (Å²) >= 11 is 0. The highest BCUT2D eigenvalue weighted by Gasteiger charge is 2.24. The first-order chi connectivity index (χ1) is 22.0. The fourth-order valence-electron chi connectivity index (χ4n) is 6.07. The number of anilines is 1. The molecular weight excluding hydrogens is 602 g/mol. The maximum absolute atomic E-state index is 15.2. The summed E-state index contributed by atoms with van der Waals surface area (Å²) in [6.45, 7) is 14.9. The molecule has 1 fully saturated rings. The van der Waals surface area contributed by atoms with Crippen molar-refractivity contribution in [3.63, 3.8) is 0 Å². The molecule has 0 radical (unpaired) electrons. The van der Waals surface area contributed by atoms with Gasteiger partial charge in [0.25, 0.3) is 0 Å². The van der Waals surface area contributed by atoms with E-state index < -0.39 is 13.9 Å². The SMILES string of the molecule is CCN1CCCC1CNC(=O)Cc1ccc(-c2ccc3c(=O)c(-c4nccn4COCC[Si](C)(C)C)c(N)n(CC)c3n2)cc1F. The van der Waals surface area contributed by atoms with Crippen molar-refractivity contribution in [2.24, 2.45) is 0 Å². The highest BCUT2D eigenvalue weighted by atomic mass is 28.3. The van der Waals surface area contributed by atoms with E-state index >= 15 is 4.39 Å². The summed E-state index contributed by atoms with van der Waals surface area (Å²) in [6, 6.07) is 9.54. The Morgan fingerprint density at radius 1 is 1.17 bits per heavy atom.